The zero-order valence-electron chi connectivity index (χ0n) is 22.2. The maximum absolute atomic E-state index is 12.7. The van der Waals surface area contributed by atoms with Gasteiger partial charge < -0.3 is 24.1 Å². The van der Waals surface area contributed by atoms with E-state index in [0.717, 1.165) is 38.9 Å². The summed E-state index contributed by atoms with van der Waals surface area (Å²) in [4.78, 5) is 15.2. The van der Waals surface area contributed by atoms with Crippen molar-refractivity contribution < 1.29 is 24.1 Å². The van der Waals surface area contributed by atoms with Crippen molar-refractivity contribution in [3.63, 3.8) is 0 Å². The second-order valence-electron chi connectivity index (χ2n) is 9.33. The maximum Gasteiger partial charge on any atom is 0.235 e. The van der Waals surface area contributed by atoms with Crippen LogP contribution in [0.5, 0.6) is 17.2 Å². The fourth-order valence-electron chi connectivity index (χ4n) is 4.69. The molecule has 38 heavy (non-hydrogen) atoms. The van der Waals surface area contributed by atoms with E-state index in [1.807, 2.05) is 24.3 Å². The Bertz CT molecular complexity index is 1430. The van der Waals surface area contributed by atoms with Crippen LogP contribution in [0.1, 0.15) is 36.5 Å². The molecule has 3 aromatic carbocycles. The molecule has 1 aromatic heterocycles. The molecule has 0 saturated heterocycles. The van der Waals surface area contributed by atoms with Gasteiger partial charge in [-0.05, 0) is 61.2 Å². The summed E-state index contributed by atoms with van der Waals surface area (Å²) in [5.41, 5.74) is 3.80. The Kier molecular flexibility index (Phi) is 9.05. The second kappa shape index (κ2) is 12.6. The average molecular weight is 518 g/mol. The molecular formula is C31H35NO6. The first kappa shape index (κ1) is 27.2. The van der Waals surface area contributed by atoms with Gasteiger partial charge in [-0.1, -0.05) is 55.5 Å². The summed E-state index contributed by atoms with van der Waals surface area (Å²) in [6.07, 6.45) is 3.04. The fourth-order valence-corrected chi connectivity index (χ4v) is 4.69. The quantitative estimate of drug-likeness (QED) is 0.227. The van der Waals surface area contributed by atoms with Crippen molar-refractivity contribution in [1.82, 2.24) is 4.90 Å². The number of rotatable bonds is 12. The Morgan fingerprint density at radius 1 is 0.921 bits per heavy atom. The SMILES string of the molecule is CCN(CCCCc1ccc(-c2oc3c(OC)c(O)ccc3c(=O)c2O)cc1)Cc1ccccc1COC. The van der Waals surface area contributed by atoms with Gasteiger partial charge in [-0.25, -0.2) is 0 Å². The molecule has 7 heteroatoms. The maximum atomic E-state index is 12.7. The first-order valence-electron chi connectivity index (χ1n) is 12.9. The lowest BCUT2D eigenvalue weighted by atomic mass is 10.0. The van der Waals surface area contributed by atoms with Gasteiger partial charge >= 0.3 is 0 Å². The number of ether oxygens (including phenoxy) is 2. The molecule has 0 spiro atoms. The van der Waals surface area contributed by atoms with Crippen molar-refractivity contribution in [3.05, 3.63) is 87.6 Å². The van der Waals surface area contributed by atoms with E-state index >= 15 is 0 Å². The standard InChI is InChI=1S/C31H35NO6/c1-4-32(19-23-10-5-6-11-24(23)20-36-2)18-8-7-9-21-12-14-22(15-13-21)29-28(35)27(34)25-16-17-26(33)31(37-3)30(25)38-29/h5-6,10-17,33,35H,4,7-9,18-20H2,1-3H3. The zero-order valence-corrected chi connectivity index (χ0v) is 22.2. The molecule has 0 bridgehead atoms. The summed E-state index contributed by atoms with van der Waals surface area (Å²) in [6, 6.07) is 18.8. The van der Waals surface area contributed by atoms with Gasteiger partial charge in [0.2, 0.25) is 16.9 Å². The number of unbranched alkanes of at least 4 members (excludes halogenated alkanes) is 1. The molecule has 4 rings (SSSR count). The van der Waals surface area contributed by atoms with E-state index in [9.17, 15) is 15.0 Å². The Morgan fingerprint density at radius 2 is 1.66 bits per heavy atom. The van der Waals surface area contributed by atoms with Crippen molar-refractivity contribution in [1.29, 1.82) is 0 Å². The molecule has 0 radical (unpaired) electrons. The summed E-state index contributed by atoms with van der Waals surface area (Å²) < 4.78 is 16.4. The van der Waals surface area contributed by atoms with E-state index in [-0.39, 0.29) is 28.2 Å². The number of benzene rings is 3. The molecule has 1 heterocycles. The van der Waals surface area contributed by atoms with Crippen LogP contribution in [0.3, 0.4) is 0 Å². The molecule has 0 amide bonds. The molecule has 0 fully saturated rings. The van der Waals surface area contributed by atoms with Gasteiger partial charge in [-0.2, -0.15) is 0 Å². The number of nitrogens with zero attached hydrogens (tertiary/aromatic N) is 1. The van der Waals surface area contributed by atoms with Crippen LogP contribution >= 0.6 is 0 Å². The average Bonchev–Trinajstić information content (AvgIpc) is 2.93. The molecule has 0 aliphatic heterocycles. The number of aromatic hydroxyl groups is 2. The van der Waals surface area contributed by atoms with Crippen molar-refractivity contribution in [2.45, 2.75) is 39.3 Å². The highest BCUT2D eigenvalue weighted by Gasteiger charge is 2.20. The fraction of sp³-hybridized carbons (Fsp3) is 0.323. The van der Waals surface area contributed by atoms with Crippen molar-refractivity contribution in [2.75, 3.05) is 27.3 Å². The predicted molar refractivity (Wildman–Crippen MR) is 149 cm³/mol. The van der Waals surface area contributed by atoms with Gasteiger partial charge in [0.05, 0.1) is 19.1 Å². The summed E-state index contributed by atoms with van der Waals surface area (Å²) in [5.74, 6) is -0.508. The Balaban J connectivity index is 1.39. The lowest BCUT2D eigenvalue weighted by Gasteiger charge is -2.22. The first-order chi connectivity index (χ1) is 18.5. The third-order valence-corrected chi connectivity index (χ3v) is 6.84. The van der Waals surface area contributed by atoms with E-state index in [1.54, 1.807) is 7.11 Å². The minimum absolute atomic E-state index is 0.0466. The molecule has 0 unspecified atom stereocenters. The van der Waals surface area contributed by atoms with E-state index in [2.05, 4.69) is 36.1 Å². The molecule has 4 aromatic rings. The van der Waals surface area contributed by atoms with Crippen molar-refractivity contribution >= 4 is 11.0 Å². The van der Waals surface area contributed by atoms with Crippen LogP contribution < -0.4 is 10.2 Å². The van der Waals surface area contributed by atoms with Crippen LogP contribution in [-0.4, -0.2) is 42.4 Å². The molecule has 0 saturated carbocycles. The normalized spacial score (nSPS) is 11.4. The number of fused-ring (bicyclic) bond motifs is 1. The van der Waals surface area contributed by atoms with Crippen LogP contribution in [0.2, 0.25) is 0 Å². The topological polar surface area (TPSA) is 92.4 Å². The molecular weight excluding hydrogens is 482 g/mol. The van der Waals surface area contributed by atoms with E-state index in [1.165, 1.54) is 35.9 Å². The van der Waals surface area contributed by atoms with Gasteiger partial charge in [0.15, 0.2) is 17.1 Å². The predicted octanol–water partition coefficient (Wildman–Crippen LogP) is 5.87. The first-order valence-corrected chi connectivity index (χ1v) is 12.9. The number of phenols is 1. The van der Waals surface area contributed by atoms with Crippen molar-refractivity contribution in [3.8, 4) is 28.6 Å². The Hall–Kier alpha value is -3.81. The third kappa shape index (κ3) is 6.01. The van der Waals surface area contributed by atoms with E-state index < -0.39 is 11.2 Å². The number of methoxy groups -OCH3 is 2. The Labute approximate surface area is 222 Å². The molecule has 7 nitrogen and oxygen atoms in total. The molecule has 0 atom stereocenters. The van der Waals surface area contributed by atoms with Crippen LogP contribution in [0.4, 0.5) is 0 Å². The highest BCUT2D eigenvalue weighted by molar-refractivity contribution is 5.88. The zero-order chi connectivity index (χ0) is 27.1. The van der Waals surface area contributed by atoms with Gasteiger partial charge in [-0.3, -0.25) is 9.69 Å². The molecule has 200 valence electrons. The van der Waals surface area contributed by atoms with E-state index in [4.69, 9.17) is 13.9 Å². The largest absolute Gasteiger partial charge is 0.504 e. The van der Waals surface area contributed by atoms with Gasteiger partial charge in [0, 0.05) is 19.2 Å². The third-order valence-electron chi connectivity index (χ3n) is 6.84. The summed E-state index contributed by atoms with van der Waals surface area (Å²) in [7, 11) is 3.11. The Morgan fingerprint density at radius 3 is 2.34 bits per heavy atom. The highest BCUT2D eigenvalue weighted by Crippen LogP contribution is 2.38. The molecule has 2 N–H and O–H groups in total. The lowest BCUT2D eigenvalue weighted by molar-refractivity contribution is 0.182. The van der Waals surface area contributed by atoms with Crippen LogP contribution in [0.15, 0.2) is 69.9 Å². The summed E-state index contributed by atoms with van der Waals surface area (Å²) >= 11 is 0. The number of hydrogen-bond donors (Lipinski definition) is 2. The molecule has 0 aliphatic rings. The van der Waals surface area contributed by atoms with Crippen LogP contribution in [0.25, 0.3) is 22.3 Å². The van der Waals surface area contributed by atoms with E-state index in [0.29, 0.717) is 12.2 Å². The molecule has 0 aliphatic carbocycles. The second-order valence-corrected chi connectivity index (χ2v) is 9.33. The highest BCUT2D eigenvalue weighted by atomic mass is 16.5. The monoisotopic (exact) mass is 517 g/mol. The van der Waals surface area contributed by atoms with Crippen LogP contribution in [0, 0.1) is 0 Å². The van der Waals surface area contributed by atoms with Crippen LogP contribution in [-0.2, 0) is 24.3 Å². The number of aryl methyl sites for hydroxylation is 1. The number of hydrogen-bond acceptors (Lipinski definition) is 7. The van der Waals surface area contributed by atoms with Gasteiger partial charge in [0.25, 0.3) is 0 Å². The minimum Gasteiger partial charge on any atom is -0.504 e. The van der Waals surface area contributed by atoms with Gasteiger partial charge in [0.1, 0.15) is 0 Å². The minimum atomic E-state index is -0.575. The smallest absolute Gasteiger partial charge is 0.235 e. The van der Waals surface area contributed by atoms with Gasteiger partial charge in [-0.15, -0.1) is 0 Å². The lowest BCUT2D eigenvalue weighted by Crippen LogP contribution is -2.24. The summed E-state index contributed by atoms with van der Waals surface area (Å²) in [6.45, 7) is 5.72. The summed E-state index contributed by atoms with van der Waals surface area (Å²) in [5, 5.41) is 20.7. The number of phenolic OH excluding ortho intramolecular Hbond substituents is 1. The van der Waals surface area contributed by atoms with Crippen molar-refractivity contribution in [2.24, 2.45) is 0 Å².